The number of hydrogen-bond donors (Lipinski definition) is 0. The van der Waals surface area contributed by atoms with E-state index in [0.29, 0.717) is 11.5 Å². The molecule has 0 aromatic heterocycles. The molecule has 3 aromatic rings. The molecule has 4 nitrogen and oxygen atoms in total. The first-order valence-corrected chi connectivity index (χ1v) is 11.0. The van der Waals surface area contributed by atoms with Crippen molar-refractivity contribution in [2.45, 2.75) is 24.7 Å². The number of halogens is 3. The van der Waals surface area contributed by atoms with Gasteiger partial charge in [-0.15, -0.1) is 0 Å². The highest BCUT2D eigenvalue weighted by Gasteiger charge is 2.45. The van der Waals surface area contributed by atoms with Gasteiger partial charge in [0.2, 0.25) is 11.9 Å². The number of alkyl halides is 3. The molecule has 2 atom stereocenters. The number of fused-ring (bicyclic) bond motifs is 1. The molecular weight excluding hydrogens is 439 g/mol. The molecule has 1 saturated heterocycles. The van der Waals surface area contributed by atoms with Crippen LogP contribution in [0.15, 0.2) is 95.6 Å². The van der Waals surface area contributed by atoms with Gasteiger partial charge >= 0.3 is 6.18 Å². The number of aliphatic imine (C=N–C) groups is 1. The molecule has 2 aliphatic heterocycles. The number of hydrogen-bond acceptors (Lipinski definition) is 3. The van der Waals surface area contributed by atoms with Crippen molar-refractivity contribution in [2.75, 3.05) is 7.05 Å². The second-order valence-corrected chi connectivity index (χ2v) is 8.41. The van der Waals surface area contributed by atoms with Crippen molar-refractivity contribution >= 4 is 17.9 Å². The van der Waals surface area contributed by atoms with Gasteiger partial charge in [0.05, 0.1) is 29.8 Å². The van der Waals surface area contributed by atoms with E-state index in [1.807, 2.05) is 78.7 Å². The van der Waals surface area contributed by atoms with Crippen molar-refractivity contribution in [3.05, 3.63) is 113 Å². The molecule has 0 spiro atoms. The predicted molar refractivity (Wildman–Crippen MR) is 124 cm³/mol. The fourth-order valence-electron chi connectivity index (χ4n) is 4.56. The van der Waals surface area contributed by atoms with E-state index in [-0.39, 0.29) is 18.4 Å². The summed E-state index contributed by atoms with van der Waals surface area (Å²) in [6, 6.07) is 23.6. The molecule has 34 heavy (non-hydrogen) atoms. The quantitative estimate of drug-likeness (QED) is 0.475. The summed E-state index contributed by atoms with van der Waals surface area (Å²) < 4.78 is 39.8. The molecule has 2 aliphatic rings. The second-order valence-electron chi connectivity index (χ2n) is 8.41. The van der Waals surface area contributed by atoms with E-state index in [9.17, 15) is 18.0 Å². The van der Waals surface area contributed by atoms with Crippen LogP contribution >= 0.6 is 0 Å². The number of guanidine groups is 1. The number of likely N-dealkylation sites (N-methyl/N-ethyl adjacent to an activating group) is 1. The largest absolute Gasteiger partial charge is 0.416 e. The highest BCUT2D eigenvalue weighted by atomic mass is 19.4. The van der Waals surface area contributed by atoms with Crippen LogP contribution in [0.25, 0.3) is 6.08 Å². The van der Waals surface area contributed by atoms with Gasteiger partial charge in [-0.2, -0.15) is 13.2 Å². The van der Waals surface area contributed by atoms with E-state index in [2.05, 4.69) is 0 Å². The summed E-state index contributed by atoms with van der Waals surface area (Å²) in [7, 11) is 1.86. The van der Waals surface area contributed by atoms with E-state index in [0.717, 1.165) is 29.0 Å². The highest BCUT2D eigenvalue weighted by Crippen LogP contribution is 2.43. The van der Waals surface area contributed by atoms with Crippen LogP contribution in [0.5, 0.6) is 0 Å². The van der Waals surface area contributed by atoms with E-state index in [4.69, 9.17) is 4.99 Å². The van der Waals surface area contributed by atoms with Crippen LogP contribution in [0, 0.1) is 0 Å². The zero-order chi connectivity index (χ0) is 23.9. The summed E-state index contributed by atoms with van der Waals surface area (Å²) >= 11 is 0. The van der Waals surface area contributed by atoms with Crippen LogP contribution in [0.2, 0.25) is 0 Å². The Bertz CT molecular complexity index is 1270. The maximum atomic E-state index is 13.4. The second kappa shape index (κ2) is 8.48. The Morgan fingerprint density at radius 2 is 1.56 bits per heavy atom. The van der Waals surface area contributed by atoms with Crippen molar-refractivity contribution < 1.29 is 18.0 Å². The van der Waals surface area contributed by atoms with E-state index >= 15 is 0 Å². The number of amides is 1. The van der Waals surface area contributed by atoms with Crippen LogP contribution < -0.4 is 0 Å². The third kappa shape index (κ3) is 3.98. The predicted octanol–water partition coefficient (Wildman–Crippen LogP) is 6.06. The number of carbonyl (C=O) groups excluding carboxylic acids is 1. The lowest BCUT2D eigenvalue weighted by Crippen LogP contribution is -2.40. The smallest absolute Gasteiger partial charge is 0.333 e. The monoisotopic (exact) mass is 461 g/mol. The van der Waals surface area contributed by atoms with Gasteiger partial charge < -0.3 is 4.90 Å². The molecule has 0 bridgehead atoms. The molecule has 172 valence electrons. The minimum Gasteiger partial charge on any atom is -0.333 e. The topological polar surface area (TPSA) is 35.9 Å². The summed E-state index contributed by atoms with van der Waals surface area (Å²) in [5, 5.41) is 0. The van der Waals surface area contributed by atoms with Crippen molar-refractivity contribution in [3.8, 4) is 0 Å². The lowest BCUT2D eigenvalue weighted by molar-refractivity contribution is -0.137. The molecule has 0 saturated carbocycles. The van der Waals surface area contributed by atoms with Gasteiger partial charge in [-0.25, -0.2) is 4.99 Å². The van der Waals surface area contributed by atoms with Crippen LogP contribution in [0.4, 0.5) is 13.2 Å². The highest BCUT2D eigenvalue weighted by molar-refractivity contribution is 6.04. The molecule has 0 unspecified atom stereocenters. The molecule has 5 rings (SSSR count). The third-order valence-electron chi connectivity index (χ3n) is 6.16. The van der Waals surface area contributed by atoms with E-state index in [1.165, 1.54) is 6.07 Å². The molecule has 0 radical (unpaired) electrons. The Morgan fingerprint density at radius 1 is 0.912 bits per heavy atom. The summed E-state index contributed by atoms with van der Waals surface area (Å²) in [6.07, 6.45) is -2.49. The van der Waals surface area contributed by atoms with Gasteiger partial charge in [0, 0.05) is 7.05 Å². The molecule has 1 fully saturated rings. The van der Waals surface area contributed by atoms with Crippen LogP contribution in [0.3, 0.4) is 0 Å². The van der Waals surface area contributed by atoms with Gasteiger partial charge in [0.1, 0.15) is 0 Å². The average Bonchev–Trinajstić information content (AvgIpc) is 3.11. The van der Waals surface area contributed by atoms with Crippen molar-refractivity contribution in [2.24, 2.45) is 4.99 Å². The molecule has 1 amide bonds. The summed E-state index contributed by atoms with van der Waals surface area (Å²) in [5.74, 6) is 0.245. The number of benzene rings is 3. The van der Waals surface area contributed by atoms with Gasteiger partial charge in [-0.3, -0.25) is 9.69 Å². The SMILES string of the molecule is CN1C2=N[C@@H](c3cccc(C(F)(F)F)c3)CC(=O)N2/C(=C\c2ccccc2)[C@H]1c1ccccc1. The zero-order valence-corrected chi connectivity index (χ0v) is 18.4. The maximum Gasteiger partial charge on any atom is 0.416 e. The molecular formula is C27H22F3N3O. The fraction of sp³-hybridized carbons (Fsp3) is 0.185. The molecule has 0 aliphatic carbocycles. The van der Waals surface area contributed by atoms with Crippen molar-refractivity contribution in [3.63, 3.8) is 0 Å². The summed E-state index contributed by atoms with van der Waals surface area (Å²) in [5.41, 5.74) is 2.34. The van der Waals surface area contributed by atoms with Crippen LogP contribution in [-0.4, -0.2) is 28.7 Å². The standard InChI is InChI=1S/C27H22F3N3O/c1-32-25(19-11-6-3-7-12-19)23(15-18-9-4-2-5-10-18)33-24(34)17-22(31-26(32)33)20-13-8-14-21(16-20)27(28,29)30/h2-16,22,25H,17H2,1H3/b23-15-/t22-,25-/m1/s1. The summed E-state index contributed by atoms with van der Waals surface area (Å²) in [6.45, 7) is 0. The minimum atomic E-state index is -4.46. The van der Waals surface area contributed by atoms with Gasteiger partial charge in [0.25, 0.3) is 0 Å². The maximum absolute atomic E-state index is 13.4. The minimum absolute atomic E-state index is 0.00765. The first-order valence-electron chi connectivity index (χ1n) is 11.0. The summed E-state index contributed by atoms with van der Waals surface area (Å²) in [4.78, 5) is 21.7. The van der Waals surface area contributed by atoms with Crippen molar-refractivity contribution in [1.82, 2.24) is 9.80 Å². The number of nitrogens with zero attached hydrogens (tertiary/aromatic N) is 3. The molecule has 3 aromatic carbocycles. The number of carbonyl (C=O) groups is 1. The first-order chi connectivity index (χ1) is 16.3. The fourth-order valence-corrected chi connectivity index (χ4v) is 4.56. The normalized spacial score (nSPS) is 21.6. The van der Waals surface area contributed by atoms with Crippen molar-refractivity contribution in [1.29, 1.82) is 0 Å². The van der Waals surface area contributed by atoms with E-state index < -0.39 is 17.8 Å². The average molecular weight is 461 g/mol. The van der Waals surface area contributed by atoms with E-state index in [1.54, 1.807) is 11.0 Å². The zero-order valence-electron chi connectivity index (χ0n) is 18.4. The van der Waals surface area contributed by atoms with Gasteiger partial charge in [0.15, 0.2) is 0 Å². The molecule has 2 heterocycles. The first kappa shape index (κ1) is 21.9. The van der Waals surface area contributed by atoms with Crippen LogP contribution in [0.1, 0.15) is 40.8 Å². The Hall–Kier alpha value is -3.87. The van der Waals surface area contributed by atoms with Gasteiger partial charge in [-0.05, 0) is 34.9 Å². The lowest BCUT2D eigenvalue weighted by atomic mass is 9.99. The Morgan fingerprint density at radius 3 is 2.24 bits per heavy atom. The number of rotatable bonds is 3. The molecule has 7 heteroatoms. The van der Waals surface area contributed by atoms with Crippen LogP contribution in [-0.2, 0) is 11.0 Å². The Balaban J connectivity index is 1.61. The Kier molecular flexibility index (Phi) is 5.48. The lowest BCUT2D eigenvalue weighted by Gasteiger charge is -2.28. The third-order valence-corrected chi connectivity index (χ3v) is 6.16. The Labute approximate surface area is 195 Å². The molecule has 0 N–H and O–H groups in total. The van der Waals surface area contributed by atoms with Gasteiger partial charge in [-0.1, -0.05) is 72.8 Å².